The summed E-state index contributed by atoms with van der Waals surface area (Å²) in [6, 6.07) is 7.21. The van der Waals surface area contributed by atoms with Crippen LogP contribution >= 0.6 is 0 Å². The molecule has 0 bridgehead atoms. The Hall–Kier alpha value is -2.83. The average molecular weight is 302 g/mol. The van der Waals surface area contributed by atoms with Crippen molar-refractivity contribution in [1.29, 1.82) is 0 Å². The molecule has 0 fully saturated rings. The molecule has 2 aromatic rings. The van der Waals surface area contributed by atoms with Crippen LogP contribution in [0.5, 0.6) is 17.4 Å². The predicted octanol–water partition coefficient (Wildman–Crippen LogP) is 1.46. The first-order chi connectivity index (χ1) is 10.7. The number of benzene rings is 1. The van der Waals surface area contributed by atoms with Gasteiger partial charge in [-0.1, -0.05) is 0 Å². The van der Waals surface area contributed by atoms with Crippen LogP contribution < -0.4 is 19.7 Å². The lowest BCUT2D eigenvalue weighted by Gasteiger charge is -2.17. The lowest BCUT2D eigenvalue weighted by molar-refractivity contribution is -0.109. The molecule has 0 spiro atoms. The van der Waals surface area contributed by atoms with E-state index in [1.807, 2.05) is 24.1 Å². The van der Waals surface area contributed by atoms with Crippen LogP contribution in [0.15, 0.2) is 36.7 Å². The Morgan fingerprint density at radius 1 is 1.23 bits per heavy atom. The number of ether oxygens (including phenoxy) is 2. The number of hydrogen-bond donors (Lipinski definition) is 1. The largest absolute Gasteiger partial charge is 0.497 e. The lowest BCUT2D eigenvalue weighted by Crippen LogP contribution is -2.29. The number of nitrogens with zero attached hydrogens (tertiary/aromatic N) is 3. The maximum Gasteiger partial charge on any atom is 0.239 e. The van der Waals surface area contributed by atoms with Crippen molar-refractivity contribution in [2.24, 2.45) is 0 Å². The monoisotopic (exact) mass is 302 g/mol. The molecule has 0 atom stereocenters. The highest BCUT2D eigenvalue weighted by Crippen LogP contribution is 2.23. The number of rotatable bonds is 8. The molecule has 0 aliphatic rings. The third kappa shape index (κ3) is 4.34. The first-order valence-electron chi connectivity index (χ1n) is 6.75. The van der Waals surface area contributed by atoms with E-state index < -0.39 is 0 Å². The zero-order valence-electron chi connectivity index (χ0n) is 12.5. The number of aromatic nitrogens is 2. The second-order valence-electron chi connectivity index (χ2n) is 4.49. The SMILES string of the molecule is COc1ccc(Oc2cncc(N(C)CCNC=O)n2)cc1. The number of carbonyl (C=O) groups excluding carboxylic acids is 1. The highest BCUT2D eigenvalue weighted by atomic mass is 16.5. The van der Waals surface area contributed by atoms with Gasteiger partial charge >= 0.3 is 0 Å². The van der Waals surface area contributed by atoms with E-state index >= 15 is 0 Å². The zero-order valence-corrected chi connectivity index (χ0v) is 12.5. The van der Waals surface area contributed by atoms with Crippen LogP contribution in [0.2, 0.25) is 0 Å². The summed E-state index contributed by atoms with van der Waals surface area (Å²) in [5.74, 6) is 2.48. The Balaban J connectivity index is 2.02. The fraction of sp³-hybridized carbons (Fsp3) is 0.267. The van der Waals surface area contributed by atoms with Crippen molar-refractivity contribution in [3.05, 3.63) is 36.7 Å². The number of hydrogen-bond acceptors (Lipinski definition) is 6. The predicted molar refractivity (Wildman–Crippen MR) is 82.4 cm³/mol. The highest BCUT2D eigenvalue weighted by Gasteiger charge is 2.06. The van der Waals surface area contributed by atoms with Crippen molar-refractivity contribution in [2.75, 3.05) is 32.1 Å². The van der Waals surface area contributed by atoms with Gasteiger partial charge in [-0.15, -0.1) is 0 Å². The van der Waals surface area contributed by atoms with Crippen LogP contribution in [0.1, 0.15) is 0 Å². The van der Waals surface area contributed by atoms with Crippen molar-refractivity contribution >= 4 is 12.2 Å². The lowest BCUT2D eigenvalue weighted by atomic mass is 10.3. The third-order valence-electron chi connectivity index (χ3n) is 2.95. The Labute approximate surface area is 128 Å². The Kier molecular flexibility index (Phi) is 5.53. The average Bonchev–Trinajstić information content (AvgIpc) is 2.56. The molecule has 1 aromatic heterocycles. The summed E-state index contributed by atoms with van der Waals surface area (Å²) in [6.07, 6.45) is 3.86. The topological polar surface area (TPSA) is 76.6 Å². The molecule has 1 amide bonds. The van der Waals surface area contributed by atoms with Crippen molar-refractivity contribution < 1.29 is 14.3 Å². The van der Waals surface area contributed by atoms with Crippen LogP contribution in [-0.4, -0.2) is 43.6 Å². The molecule has 0 aliphatic heterocycles. The van der Waals surface area contributed by atoms with Gasteiger partial charge in [0, 0.05) is 20.1 Å². The maximum atomic E-state index is 10.2. The smallest absolute Gasteiger partial charge is 0.239 e. The fourth-order valence-electron chi connectivity index (χ4n) is 1.74. The number of likely N-dealkylation sites (N-methyl/N-ethyl adjacent to an activating group) is 1. The molecular formula is C15H18N4O3. The number of methoxy groups -OCH3 is 1. The van der Waals surface area contributed by atoms with E-state index in [0.717, 1.165) is 5.75 Å². The summed E-state index contributed by atoms with van der Waals surface area (Å²) >= 11 is 0. The van der Waals surface area contributed by atoms with Crippen molar-refractivity contribution in [2.45, 2.75) is 0 Å². The summed E-state index contributed by atoms with van der Waals surface area (Å²) in [5, 5.41) is 2.60. The van der Waals surface area contributed by atoms with Crippen molar-refractivity contribution in [3.63, 3.8) is 0 Å². The second kappa shape index (κ2) is 7.82. The molecule has 116 valence electrons. The van der Waals surface area contributed by atoms with Gasteiger partial charge < -0.3 is 19.7 Å². The van der Waals surface area contributed by atoms with E-state index in [1.54, 1.807) is 31.6 Å². The maximum absolute atomic E-state index is 10.2. The second-order valence-corrected chi connectivity index (χ2v) is 4.49. The van der Waals surface area contributed by atoms with E-state index in [0.29, 0.717) is 36.9 Å². The Morgan fingerprint density at radius 3 is 2.64 bits per heavy atom. The Morgan fingerprint density at radius 2 is 1.95 bits per heavy atom. The van der Waals surface area contributed by atoms with Crippen LogP contribution in [0.25, 0.3) is 0 Å². The molecule has 0 saturated heterocycles. The molecule has 1 N–H and O–H groups in total. The molecule has 0 radical (unpaired) electrons. The minimum Gasteiger partial charge on any atom is -0.497 e. The number of amides is 1. The third-order valence-corrected chi connectivity index (χ3v) is 2.95. The normalized spacial score (nSPS) is 9.91. The zero-order chi connectivity index (χ0) is 15.8. The summed E-state index contributed by atoms with van der Waals surface area (Å²) in [4.78, 5) is 20.6. The van der Waals surface area contributed by atoms with Crippen molar-refractivity contribution in [1.82, 2.24) is 15.3 Å². The number of anilines is 1. The van der Waals surface area contributed by atoms with Crippen LogP contribution in [0, 0.1) is 0 Å². The molecule has 0 saturated carbocycles. The Bertz CT molecular complexity index is 604. The fourth-order valence-corrected chi connectivity index (χ4v) is 1.74. The van der Waals surface area contributed by atoms with Gasteiger partial charge in [0.05, 0.1) is 19.5 Å². The summed E-state index contributed by atoms with van der Waals surface area (Å²) < 4.78 is 10.8. The molecule has 7 heteroatoms. The van der Waals surface area contributed by atoms with E-state index in [1.165, 1.54) is 0 Å². The van der Waals surface area contributed by atoms with Crippen LogP contribution in [0.3, 0.4) is 0 Å². The molecule has 22 heavy (non-hydrogen) atoms. The van der Waals surface area contributed by atoms with E-state index in [-0.39, 0.29) is 0 Å². The van der Waals surface area contributed by atoms with Gasteiger partial charge in [0.25, 0.3) is 0 Å². The van der Waals surface area contributed by atoms with Gasteiger partial charge in [0.1, 0.15) is 11.5 Å². The molecule has 1 aromatic carbocycles. The minimum absolute atomic E-state index is 0.401. The molecule has 0 aliphatic carbocycles. The number of carbonyl (C=O) groups is 1. The van der Waals surface area contributed by atoms with Crippen molar-refractivity contribution in [3.8, 4) is 17.4 Å². The molecule has 7 nitrogen and oxygen atoms in total. The van der Waals surface area contributed by atoms with Gasteiger partial charge in [0.15, 0.2) is 5.82 Å². The molecular weight excluding hydrogens is 284 g/mol. The summed E-state index contributed by atoms with van der Waals surface area (Å²) in [7, 11) is 3.48. The van der Waals surface area contributed by atoms with Gasteiger partial charge in [-0.3, -0.25) is 9.78 Å². The molecule has 1 heterocycles. The van der Waals surface area contributed by atoms with E-state index in [4.69, 9.17) is 9.47 Å². The van der Waals surface area contributed by atoms with Gasteiger partial charge in [-0.05, 0) is 24.3 Å². The van der Waals surface area contributed by atoms with Gasteiger partial charge in [-0.2, -0.15) is 4.98 Å². The quantitative estimate of drug-likeness (QED) is 0.587. The van der Waals surface area contributed by atoms with Gasteiger partial charge in [0.2, 0.25) is 12.3 Å². The van der Waals surface area contributed by atoms with E-state index in [9.17, 15) is 4.79 Å². The van der Waals surface area contributed by atoms with Crippen LogP contribution in [-0.2, 0) is 4.79 Å². The highest BCUT2D eigenvalue weighted by molar-refractivity contribution is 5.46. The van der Waals surface area contributed by atoms with E-state index in [2.05, 4.69) is 15.3 Å². The molecule has 0 unspecified atom stereocenters. The summed E-state index contributed by atoms with van der Waals surface area (Å²) in [6.45, 7) is 1.16. The van der Waals surface area contributed by atoms with Gasteiger partial charge in [-0.25, -0.2) is 0 Å². The first kappa shape index (κ1) is 15.6. The summed E-state index contributed by atoms with van der Waals surface area (Å²) in [5.41, 5.74) is 0. The molecule has 2 rings (SSSR count). The number of nitrogens with one attached hydrogen (secondary N) is 1. The first-order valence-corrected chi connectivity index (χ1v) is 6.75. The standard InChI is InChI=1S/C15H18N4O3/c1-19(8-7-16-11-20)14-9-17-10-15(18-14)22-13-5-3-12(21-2)4-6-13/h3-6,9-11H,7-8H2,1-2H3,(H,16,20). The van der Waals surface area contributed by atoms with Crippen LogP contribution in [0.4, 0.5) is 5.82 Å². The minimum atomic E-state index is 0.401.